The van der Waals surface area contributed by atoms with Gasteiger partial charge in [-0.25, -0.2) is 13.2 Å². The maximum Gasteiger partial charge on any atom is 0.353 e. The van der Waals surface area contributed by atoms with E-state index >= 15 is 0 Å². The van der Waals surface area contributed by atoms with Gasteiger partial charge < -0.3 is 10.6 Å². The number of nitrogens with one attached hydrogen (secondary N) is 1. The maximum atomic E-state index is 12.6. The highest BCUT2D eigenvalue weighted by atomic mass is 35.5. The summed E-state index contributed by atoms with van der Waals surface area (Å²) in [5.74, 6) is -1.61. The molecule has 29 heavy (non-hydrogen) atoms. The van der Waals surface area contributed by atoms with Crippen LogP contribution in [-0.2, 0) is 19.7 Å². The van der Waals surface area contributed by atoms with Crippen LogP contribution in [0.3, 0.4) is 0 Å². The SMILES string of the molecule is CC(C)[C@H](NS(=O)(=O)c1ccc(Cl)cc1)C(=O)O/N=C(/N)c1c(Cl)cccc1Cl. The Morgan fingerprint density at radius 1 is 1.07 bits per heavy atom. The van der Waals surface area contributed by atoms with Gasteiger partial charge in [-0.05, 0) is 42.3 Å². The number of nitrogens with zero attached hydrogens (tertiary/aromatic N) is 1. The fourth-order valence-electron chi connectivity index (χ4n) is 2.24. The summed E-state index contributed by atoms with van der Waals surface area (Å²) in [6, 6.07) is 9.00. The Labute approximate surface area is 183 Å². The third kappa shape index (κ3) is 6.07. The van der Waals surface area contributed by atoms with E-state index in [2.05, 4.69) is 9.88 Å². The van der Waals surface area contributed by atoms with Gasteiger partial charge in [0.1, 0.15) is 6.04 Å². The van der Waals surface area contributed by atoms with Gasteiger partial charge in [-0.1, -0.05) is 59.9 Å². The van der Waals surface area contributed by atoms with Gasteiger partial charge in [0.15, 0.2) is 5.84 Å². The monoisotopic (exact) mass is 477 g/mol. The van der Waals surface area contributed by atoms with Crippen LogP contribution in [0.4, 0.5) is 0 Å². The summed E-state index contributed by atoms with van der Waals surface area (Å²) < 4.78 is 27.4. The molecule has 2 aromatic carbocycles. The molecule has 11 heteroatoms. The Morgan fingerprint density at radius 2 is 1.62 bits per heavy atom. The number of rotatable bonds is 7. The molecule has 1 atom stereocenters. The van der Waals surface area contributed by atoms with E-state index < -0.39 is 28.0 Å². The number of carbonyl (C=O) groups excluding carboxylic acids is 1. The van der Waals surface area contributed by atoms with Crippen LogP contribution < -0.4 is 10.5 Å². The maximum absolute atomic E-state index is 12.6. The number of nitrogens with two attached hydrogens (primary N) is 1. The lowest BCUT2D eigenvalue weighted by Crippen LogP contribution is -2.44. The fraction of sp³-hybridized carbons (Fsp3) is 0.222. The number of amidine groups is 1. The average Bonchev–Trinajstić information content (AvgIpc) is 2.64. The molecule has 2 aromatic rings. The zero-order valence-corrected chi connectivity index (χ0v) is 18.5. The fourth-order valence-corrected chi connectivity index (χ4v) is 4.29. The Kier molecular flexibility index (Phi) is 7.90. The van der Waals surface area contributed by atoms with Crippen molar-refractivity contribution < 1.29 is 18.0 Å². The van der Waals surface area contributed by atoms with E-state index in [0.29, 0.717) is 5.02 Å². The van der Waals surface area contributed by atoms with E-state index in [9.17, 15) is 13.2 Å². The lowest BCUT2D eigenvalue weighted by atomic mass is 10.1. The number of hydrogen-bond donors (Lipinski definition) is 2. The first-order chi connectivity index (χ1) is 13.5. The van der Waals surface area contributed by atoms with Crippen LogP contribution in [0.25, 0.3) is 0 Å². The summed E-state index contributed by atoms with van der Waals surface area (Å²) in [4.78, 5) is 17.3. The molecule has 0 aliphatic rings. The molecule has 0 amide bonds. The van der Waals surface area contributed by atoms with Gasteiger partial charge >= 0.3 is 5.97 Å². The molecule has 3 N–H and O–H groups in total. The second kappa shape index (κ2) is 9.77. The number of oxime groups is 1. The second-order valence-corrected chi connectivity index (χ2v) is 9.25. The first kappa shape index (κ1) is 23.4. The Morgan fingerprint density at radius 3 is 2.14 bits per heavy atom. The quantitative estimate of drug-likeness (QED) is 0.272. The molecule has 156 valence electrons. The summed E-state index contributed by atoms with van der Waals surface area (Å²) in [7, 11) is -4.00. The summed E-state index contributed by atoms with van der Waals surface area (Å²) in [6.45, 7) is 3.29. The van der Waals surface area contributed by atoms with Crippen molar-refractivity contribution in [1.29, 1.82) is 0 Å². The van der Waals surface area contributed by atoms with E-state index in [0.717, 1.165) is 0 Å². The molecular weight excluding hydrogens is 461 g/mol. The molecule has 0 fully saturated rings. The van der Waals surface area contributed by atoms with Crippen molar-refractivity contribution >= 4 is 56.6 Å². The molecule has 0 aliphatic heterocycles. The minimum Gasteiger partial charge on any atom is -0.380 e. The van der Waals surface area contributed by atoms with E-state index in [1.54, 1.807) is 32.0 Å². The highest BCUT2D eigenvalue weighted by Gasteiger charge is 2.30. The summed E-state index contributed by atoms with van der Waals surface area (Å²) in [5, 5.41) is 4.38. The number of carbonyl (C=O) groups is 1. The molecule has 2 rings (SSSR count). The van der Waals surface area contributed by atoms with Crippen LogP contribution >= 0.6 is 34.8 Å². The number of benzene rings is 2. The normalized spacial score (nSPS) is 13.4. The van der Waals surface area contributed by atoms with Crippen molar-refractivity contribution in [2.75, 3.05) is 0 Å². The highest BCUT2D eigenvalue weighted by Crippen LogP contribution is 2.24. The highest BCUT2D eigenvalue weighted by molar-refractivity contribution is 7.89. The Bertz CT molecular complexity index is 1000. The van der Waals surface area contributed by atoms with E-state index in [-0.39, 0.29) is 26.3 Å². The standard InChI is InChI=1S/C18H18Cl3N3O4S/c1-10(2)16(24-29(26,27)12-8-6-11(19)7-9-12)18(25)28-23-17(22)15-13(20)4-3-5-14(15)21/h3-10,16,24H,1-2H3,(H2,22,23)/t16-/m0/s1. The van der Waals surface area contributed by atoms with Crippen molar-refractivity contribution in [2.45, 2.75) is 24.8 Å². The van der Waals surface area contributed by atoms with Crippen molar-refractivity contribution in [3.63, 3.8) is 0 Å². The van der Waals surface area contributed by atoms with Gasteiger partial charge in [0, 0.05) is 5.02 Å². The first-order valence-electron chi connectivity index (χ1n) is 8.29. The van der Waals surface area contributed by atoms with Gasteiger partial charge in [-0.3, -0.25) is 0 Å². The van der Waals surface area contributed by atoms with Gasteiger partial charge in [-0.2, -0.15) is 4.72 Å². The summed E-state index contributed by atoms with van der Waals surface area (Å²) >= 11 is 17.8. The summed E-state index contributed by atoms with van der Waals surface area (Å²) in [5.41, 5.74) is 6.01. The third-order valence-corrected chi connectivity index (χ3v) is 6.12. The molecule has 7 nitrogen and oxygen atoms in total. The van der Waals surface area contributed by atoms with Gasteiger partial charge in [-0.15, -0.1) is 0 Å². The van der Waals surface area contributed by atoms with Gasteiger partial charge in [0.2, 0.25) is 10.0 Å². The zero-order chi connectivity index (χ0) is 21.8. The minimum absolute atomic E-state index is 0.0498. The lowest BCUT2D eigenvalue weighted by Gasteiger charge is -2.19. The van der Waals surface area contributed by atoms with Gasteiger partial charge in [0.05, 0.1) is 20.5 Å². The zero-order valence-electron chi connectivity index (χ0n) is 15.4. The van der Waals surface area contributed by atoms with E-state index in [4.69, 9.17) is 45.4 Å². The molecule has 0 aromatic heterocycles. The second-order valence-electron chi connectivity index (χ2n) is 6.28. The molecule has 0 saturated heterocycles. The van der Waals surface area contributed by atoms with E-state index in [1.165, 1.54) is 24.3 Å². The lowest BCUT2D eigenvalue weighted by molar-refractivity contribution is -0.146. The molecule has 0 aliphatic carbocycles. The average molecular weight is 479 g/mol. The number of hydrogen-bond acceptors (Lipinski definition) is 5. The predicted octanol–water partition coefficient (Wildman–Crippen LogP) is 3.81. The smallest absolute Gasteiger partial charge is 0.353 e. The number of sulfonamides is 1. The van der Waals surface area contributed by atoms with Crippen molar-refractivity contribution in [3.8, 4) is 0 Å². The van der Waals surface area contributed by atoms with Crippen LogP contribution in [0.15, 0.2) is 52.5 Å². The van der Waals surface area contributed by atoms with Crippen LogP contribution in [0.1, 0.15) is 19.4 Å². The topological polar surface area (TPSA) is 111 Å². The minimum atomic E-state index is -4.00. The predicted molar refractivity (Wildman–Crippen MR) is 114 cm³/mol. The molecule has 0 heterocycles. The van der Waals surface area contributed by atoms with Gasteiger partial charge in [0.25, 0.3) is 0 Å². The van der Waals surface area contributed by atoms with Crippen LogP contribution in [-0.4, -0.2) is 26.3 Å². The van der Waals surface area contributed by atoms with E-state index in [1.807, 2.05) is 0 Å². The molecule has 0 saturated carbocycles. The molecule has 0 unspecified atom stereocenters. The first-order valence-corrected chi connectivity index (χ1v) is 10.9. The number of halogens is 3. The third-order valence-electron chi connectivity index (χ3n) is 3.78. The molecule has 0 bridgehead atoms. The van der Waals surface area contributed by atoms with Crippen LogP contribution in [0, 0.1) is 5.92 Å². The molecular formula is C18H18Cl3N3O4S. The van der Waals surface area contributed by atoms with Crippen molar-refractivity contribution in [2.24, 2.45) is 16.8 Å². The molecule has 0 spiro atoms. The van der Waals surface area contributed by atoms with Crippen molar-refractivity contribution in [3.05, 3.63) is 63.1 Å². The van der Waals surface area contributed by atoms with Crippen LogP contribution in [0.2, 0.25) is 15.1 Å². The van der Waals surface area contributed by atoms with Crippen molar-refractivity contribution in [1.82, 2.24) is 4.72 Å². The van der Waals surface area contributed by atoms with Crippen LogP contribution in [0.5, 0.6) is 0 Å². The Balaban J connectivity index is 2.20. The largest absolute Gasteiger partial charge is 0.380 e. The summed E-state index contributed by atoms with van der Waals surface area (Å²) in [6.07, 6.45) is 0. The molecule has 0 radical (unpaired) electrons. The Hall–Kier alpha value is -1.84.